The molecule has 1 aliphatic rings. The number of morpholine rings is 1. The lowest BCUT2D eigenvalue weighted by Gasteiger charge is -2.27. The molecule has 0 atom stereocenters. The first-order valence-electron chi connectivity index (χ1n) is 6.35. The standard InChI is InChI=1S/C14H13ClN2O3/c15-9-1-2-10-11(8-13(18)16-12(10)7-9)14(19)17-3-5-20-6-4-17/h1-2,7-8H,3-6H2,(H,16,18). The number of amides is 1. The minimum Gasteiger partial charge on any atom is -0.378 e. The molecule has 1 aromatic heterocycles. The van der Waals surface area contributed by atoms with Gasteiger partial charge in [-0.05, 0) is 12.1 Å². The Morgan fingerprint density at radius 1 is 1.25 bits per heavy atom. The quantitative estimate of drug-likeness (QED) is 0.869. The summed E-state index contributed by atoms with van der Waals surface area (Å²) in [5.74, 6) is -0.147. The summed E-state index contributed by atoms with van der Waals surface area (Å²) in [6, 6.07) is 6.45. The molecular weight excluding hydrogens is 280 g/mol. The molecule has 0 unspecified atom stereocenters. The second kappa shape index (κ2) is 5.26. The van der Waals surface area contributed by atoms with Gasteiger partial charge in [-0.25, -0.2) is 0 Å². The van der Waals surface area contributed by atoms with Crippen molar-refractivity contribution in [1.29, 1.82) is 0 Å². The maximum Gasteiger partial charge on any atom is 0.254 e. The molecule has 5 nitrogen and oxygen atoms in total. The Bertz CT molecular complexity index is 720. The molecule has 3 rings (SSSR count). The van der Waals surface area contributed by atoms with Gasteiger partial charge in [0.15, 0.2) is 0 Å². The van der Waals surface area contributed by atoms with E-state index in [4.69, 9.17) is 16.3 Å². The van der Waals surface area contributed by atoms with E-state index in [-0.39, 0.29) is 11.5 Å². The third-order valence-electron chi connectivity index (χ3n) is 3.33. The molecule has 20 heavy (non-hydrogen) atoms. The zero-order valence-electron chi connectivity index (χ0n) is 10.7. The largest absolute Gasteiger partial charge is 0.378 e. The lowest BCUT2D eigenvalue weighted by atomic mass is 10.1. The zero-order chi connectivity index (χ0) is 14.1. The number of fused-ring (bicyclic) bond motifs is 1. The Kier molecular flexibility index (Phi) is 3.46. The summed E-state index contributed by atoms with van der Waals surface area (Å²) in [4.78, 5) is 28.6. The lowest BCUT2D eigenvalue weighted by molar-refractivity contribution is 0.0304. The number of carbonyl (C=O) groups excluding carboxylic acids is 1. The topological polar surface area (TPSA) is 62.4 Å². The maximum atomic E-state index is 12.5. The minimum atomic E-state index is -0.309. The fraction of sp³-hybridized carbons (Fsp3) is 0.286. The molecule has 0 radical (unpaired) electrons. The summed E-state index contributed by atoms with van der Waals surface area (Å²) in [6.07, 6.45) is 0. The first-order chi connectivity index (χ1) is 9.65. The van der Waals surface area contributed by atoms with Gasteiger partial charge in [0, 0.05) is 29.6 Å². The zero-order valence-corrected chi connectivity index (χ0v) is 11.4. The van der Waals surface area contributed by atoms with Crippen molar-refractivity contribution in [2.24, 2.45) is 0 Å². The Morgan fingerprint density at radius 3 is 2.75 bits per heavy atom. The third kappa shape index (κ3) is 2.42. The molecule has 2 aromatic rings. The molecule has 0 saturated carbocycles. The van der Waals surface area contributed by atoms with E-state index >= 15 is 0 Å². The number of nitrogens with zero attached hydrogens (tertiary/aromatic N) is 1. The van der Waals surface area contributed by atoms with Crippen LogP contribution in [0.2, 0.25) is 5.02 Å². The summed E-state index contributed by atoms with van der Waals surface area (Å²) in [5.41, 5.74) is 0.667. The second-order valence-electron chi connectivity index (χ2n) is 4.64. The predicted octanol–water partition coefficient (Wildman–Crippen LogP) is 1.65. The Balaban J connectivity index is 2.10. The van der Waals surface area contributed by atoms with Crippen LogP contribution < -0.4 is 5.56 Å². The van der Waals surface area contributed by atoms with Crippen molar-refractivity contribution in [3.63, 3.8) is 0 Å². The molecule has 1 amide bonds. The van der Waals surface area contributed by atoms with Gasteiger partial charge in [-0.3, -0.25) is 9.59 Å². The Hall–Kier alpha value is -1.85. The summed E-state index contributed by atoms with van der Waals surface area (Å²) >= 11 is 5.92. The molecule has 0 spiro atoms. The smallest absolute Gasteiger partial charge is 0.254 e. The molecule has 104 valence electrons. The monoisotopic (exact) mass is 292 g/mol. The summed E-state index contributed by atoms with van der Waals surface area (Å²) in [7, 11) is 0. The van der Waals surface area contributed by atoms with E-state index in [9.17, 15) is 9.59 Å². The van der Waals surface area contributed by atoms with Crippen molar-refractivity contribution >= 4 is 28.4 Å². The van der Waals surface area contributed by atoms with Crippen LogP contribution in [0.3, 0.4) is 0 Å². The molecule has 0 bridgehead atoms. The van der Waals surface area contributed by atoms with Gasteiger partial charge in [-0.1, -0.05) is 17.7 Å². The van der Waals surface area contributed by atoms with Crippen LogP contribution in [0.1, 0.15) is 10.4 Å². The number of benzene rings is 1. The molecule has 6 heteroatoms. The fourth-order valence-electron chi connectivity index (χ4n) is 2.35. The number of carbonyl (C=O) groups is 1. The van der Waals surface area contributed by atoms with E-state index in [1.165, 1.54) is 6.07 Å². The van der Waals surface area contributed by atoms with Gasteiger partial charge >= 0.3 is 0 Å². The third-order valence-corrected chi connectivity index (χ3v) is 3.57. The van der Waals surface area contributed by atoms with Crippen LogP contribution in [-0.4, -0.2) is 42.1 Å². The summed E-state index contributed by atoms with van der Waals surface area (Å²) in [5, 5.41) is 1.22. The Labute approximate surface area is 120 Å². The van der Waals surface area contributed by atoms with E-state index < -0.39 is 0 Å². The van der Waals surface area contributed by atoms with Crippen LogP contribution in [0.5, 0.6) is 0 Å². The number of pyridine rings is 1. The highest BCUT2D eigenvalue weighted by Crippen LogP contribution is 2.21. The highest BCUT2D eigenvalue weighted by molar-refractivity contribution is 6.31. The van der Waals surface area contributed by atoms with Crippen LogP contribution in [0, 0.1) is 0 Å². The number of ether oxygens (including phenoxy) is 1. The van der Waals surface area contributed by atoms with Crippen LogP contribution >= 0.6 is 11.6 Å². The van der Waals surface area contributed by atoms with E-state index in [1.54, 1.807) is 23.1 Å². The van der Waals surface area contributed by atoms with Crippen LogP contribution in [0.4, 0.5) is 0 Å². The van der Waals surface area contributed by atoms with Crippen molar-refractivity contribution in [1.82, 2.24) is 9.88 Å². The molecule has 1 aromatic carbocycles. The van der Waals surface area contributed by atoms with E-state index in [0.29, 0.717) is 47.8 Å². The highest BCUT2D eigenvalue weighted by Gasteiger charge is 2.21. The molecule has 1 aliphatic heterocycles. The van der Waals surface area contributed by atoms with Crippen molar-refractivity contribution in [2.75, 3.05) is 26.3 Å². The van der Waals surface area contributed by atoms with Gasteiger partial charge in [0.25, 0.3) is 5.91 Å². The highest BCUT2D eigenvalue weighted by atomic mass is 35.5. The number of aromatic nitrogens is 1. The van der Waals surface area contributed by atoms with Gasteiger partial charge in [0.2, 0.25) is 5.56 Å². The number of nitrogens with one attached hydrogen (secondary N) is 1. The summed E-state index contributed by atoms with van der Waals surface area (Å²) in [6.45, 7) is 2.14. The average molecular weight is 293 g/mol. The van der Waals surface area contributed by atoms with Gasteiger partial charge in [0.05, 0.1) is 24.3 Å². The average Bonchev–Trinajstić information content (AvgIpc) is 2.46. The molecule has 0 aliphatic carbocycles. The van der Waals surface area contributed by atoms with Gasteiger partial charge in [-0.15, -0.1) is 0 Å². The molecular formula is C14H13ClN2O3. The van der Waals surface area contributed by atoms with E-state index in [0.717, 1.165) is 0 Å². The SMILES string of the molecule is O=C(c1cc(=O)[nH]c2cc(Cl)ccc12)N1CCOCC1. The first kappa shape index (κ1) is 13.1. The van der Waals surface area contributed by atoms with E-state index in [1.807, 2.05) is 0 Å². The number of hydrogen-bond donors (Lipinski definition) is 1. The Morgan fingerprint density at radius 2 is 2.00 bits per heavy atom. The van der Waals surface area contributed by atoms with Crippen molar-refractivity contribution in [2.45, 2.75) is 0 Å². The molecule has 1 N–H and O–H groups in total. The fourth-order valence-corrected chi connectivity index (χ4v) is 2.52. The molecule has 1 saturated heterocycles. The van der Waals surface area contributed by atoms with Gasteiger partial charge in [-0.2, -0.15) is 0 Å². The second-order valence-corrected chi connectivity index (χ2v) is 5.08. The number of hydrogen-bond acceptors (Lipinski definition) is 3. The molecule has 2 heterocycles. The van der Waals surface area contributed by atoms with Crippen molar-refractivity contribution in [3.8, 4) is 0 Å². The van der Waals surface area contributed by atoms with Crippen molar-refractivity contribution < 1.29 is 9.53 Å². The summed E-state index contributed by atoms with van der Waals surface area (Å²) < 4.78 is 5.23. The lowest BCUT2D eigenvalue weighted by Crippen LogP contribution is -2.41. The van der Waals surface area contributed by atoms with Crippen LogP contribution in [-0.2, 0) is 4.74 Å². The van der Waals surface area contributed by atoms with Crippen molar-refractivity contribution in [3.05, 3.63) is 45.2 Å². The minimum absolute atomic E-state index is 0.147. The van der Waals surface area contributed by atoms with Crippen LogP contribution in [0.25, 0.3) is 10.9 Å². The first-order valence-corrected chi connectivity index (χ1v) is 6.72. The maximum absolute atomic E-state index is 12.5. The van der Waals surface area contributed by atoms with E-state index in [2.05, 4.69) is 4.98 Å². The number of aromatic amines is 1. The number of halogens is 1. The predicted molar refractivity (Wildman–Crippen MR) is 76.3 cm³/mol. The van der Waals surface area contributed by atoms with Gasteiger partial charge < -0.3 is 14.6 Å². The number of rotatable bonds is 1. The van der Waals surface area contributed by atoms with Gasteiger partial charge in [0.1, 0.15) is 0 Å². The van der Waals surface area contributed by atoms with Crippen LogP contribution in [0.15, 0.2) is 29.1 Å². The normalized spacial score (nSPS) is 15.6. The molecule has 1 fully saturated rings. The number of H-pyrrole nitrogens is 1.